The van der Waals surface area contributed by atoms with E-state index in [-0.39, 0.29) is 5.91 Å². The van der Waals surface area contributed by atoms with Crippen LogP contribution in [0.3, 0.4) is 0 Å². The first-order chi connectivity index (χ1) is 13.2. The Balaban J connectivity index is 1.37. The van der Waals surface area contributed by atoms with Gasteiger partial charge in [0.25, 0.3) is 5.91 Å². The quantitative estimate of drug-likeness (QED) is 0.719. The van der Waals surface area contributed by atoms with Gasteiger partial charge < -0.3 is 15.0 Å². The summed E-state index contributed by atoms with van der Waals surface area (Å²) in [6, 6.07) is 18.4. The molecular formula is C22H25N3O2. The van der Waals surface area contributed by atoms with E-state index in [9.17, 15) is 4.79 Å². The van der Waals surface area contributed by atoms with Gasteiger partial charge in [0.2, 0.25) is 0 Å². The molecule has 2 aromatic carbocycles. The highest BCUT2D eigenvalue weighted by Gasteiger charge is 2.18. The van der Waals surface area contributed by atoms with Crippen molar-refractivity contribution in [1.82, 2.24) is 9.88 Å². The molecule has 0 radical (unpaired) electrons. The second-order valence-corrected chi connectivity index (χ2v) is 7.18. The van der Waals surface area contributed by atoms with Crippen molar-refractivity contribution in [3.8, 4) is 0 Å². The van der Waals surface area contributed by atoms with Crippen molar-refractivity contribution in [2.75, 3.05) is 25.6 Å². The number of nitrogens with zero attached hydrogens (tertiary/aromatic N) is 1. The first kappa shape index (κ1) is 17.8. The fraction of sp³-hybridized carbons (Fsp3) is 0.318. The third-order valence-corrected chi connectivity index (χ3v) is 5.23. The fourth-order valence-electron chi connectivity index (χ4n) is 3.63. The third-order valence-electron chi connectivity index (χ3n) is 5.23. The number of fused-ring (bicyclic) bond motifs is 1. The van der Waals surface area contributed by atoms with Crippen LogP contribution in [0.1, 0.15) is 28.9 Å². The Morgan fingerprint density at radius 1 is 1.15 bits per heavy atom. The monoisotopic (exact) mass is 363 g/mol. The number of aromatic nitrogens is 1. The van der Waals surface area contributed by atoms with Gasteiger partial charge in [0.1, 0.15) is 5.69 Å². The molecule has 2 heterocycles. The van der Waals surface area contributed by atoms with Crippen molar-refractivity contribution in [1.29, 1.82) is 0 Å². The number of carbonyl (C=O) groups excluding carboxylic acids is 1. The average molecular weight is 363 g/mol. The van der Waals surface area contributed by atoms with E-state index in [2.05, 4.69) is 34.4 Å². The van der Waals surface area contributed by atoms with Gasteiger partial charge >= 0.3 is 0 Å². The average Bonchev–Trinajstić information content (AvgIpc) is 3.14. The van der Waals surface area contributed by atoms with Crippen LogP contribution in [0.5, 0.6) is 0 Å². The van der Waals surface area contributed by atoms with Gasteiger partial charge in [-0.1, -0.05) is 30.3 Å². The van der Waals surface area contributed by atoms with E-state index in [0.717, 1.165) is 49.2 Å². The molecule has 5 nitrogen and oxygen atoms in total. The lowest BCUT2D eigenvalue weighted by Crippen LogP contribution is -2.36. The normalized spacial score (nSPS) is 15.3. The largest absolute Gasteiger partial charge is 0.381 e. The zero-order chi connectivity index (χ0) is 18.6. The first-order valence-corrected chi connectivity index (χ1v) is 9.45. The Kier molecular flexibility index (Phi) is 5.23. The van der Waals surface area contributed by atoms with Gasteiger partial charge in [0.05, 0.1) is 0 Å². The SMILES string of the molecule is CN(Cc1ccc(NC(=O)c2cc3ccccc3[nH]2)cc1)C1CCOCC1. The lowest BCUT2D eigenvalue weighted by molar-refractivity contribution is 0.0407. The van der Waals surface area contributed by atoms with Gasteiger partial charge in [-0.2, -0.15) is 0 Å². The zero-order valence-corrected chi connectivity index (χ0v) is 15.6. The number of nitrogens with one attached hydrogen (secondary N) is 2. The number of hydrogen-bond donors (Lipinski definition) is 2. The van der Waals surface area contributed by atoms with Crippen LogP contribution >= 0.6 is 0 Å². The number of carbonyl (C=O) groups is 1. The molecule has 0 atom stereocenters. The predicted molar refractivity (Wildman–Crippen MR) is 108 cm³/mol. The number of benzene rings is 2. The van der Waals surface area contributed by atoms with E-state index in [1.54, 1.807) is 0 Å². The summed E-state index contributed by atoms with van der Waals surface area (Å²) in [6.07, 6.45) is 2.18. The predicted octanol–water partition coefficient (Wildman–Crippen LogP) is 4.03. The minimum atomic E-state index is -0.127. The number of ether oxygens (including phenoxy) is 1. The molecule has 0 saturated carbocycles. The van der Waals surface area contributed by atoms with Crippen molar-refractivity contribution in [3.05, 3.63) is 65.9 Å². The van der Waals surface area contributed by atoms with Gasteiger partial charge in [-0.15, -0.1) is 0 Å². The maximum Gasteiger partial charge on any atom is 0.272 e. The summed E-state index contributed by atoms with van der Waals surface area (Å²) in [7, 11) is 2.17. The van der Waals surface area contributed by atoms with Crippen molar-refractivity contribution in [2.24, 2.45) is 0 Å². The molecular weight excluding hydrogens is 338 g/mol. The van der Waals surface area contributed by atoms with E-state index >= 15 is 0 Å². The molecule has 0 bridgehead atoms. The van der Waals surface area contributed by atoms with Crippen LogP contribution in [-0.2, 0) is 11.3 Å². The van der Waals surface area contributed by atoms with Gasteiger partial charge in [0, 0.05) is 42.4 Å². The maximum atomic E-state index is 12.5. The summed E-state index contributed by atoms with van der Waals surface area (Å²) in [4.78, 5) is 18.0. The summed E-state index contributed by atoms with van der Waals surface area (Å²) in [5.74, 6) is -0.127. The third kappa shape index (κ3) is 4.21. The molecule has 1 amide bonds. The summed E-state index contributed by atoms with van der Waals surface area (Å²) < 4.78 is 5.44. The lowest BCUT2D eigenvalue weighted by atomic mass is 10.1. The van der Waals surface area contributed by atoms with Crippen molar-refractivity contribution in [2.45, 2.75) is 25.4 Å². The smallest absolute Gasteiger partial charge is 0.272 e. The van der Waals surface area contributed by atoms with Crippen LogP contribution in [0.15, 0.2) is 54.6 Å². The van der Waals surface area contributed by atoms with E-state index in [1.165, 1.54) is 5.56 Å². The van der Waals surface area contributed by atoms with E-state index < -0.39 is 0 Å². The first-order valence-electron chi connectivity index (χ1n) is 9.45. The molecule has 27 heavy (non-hydrogen) atoms. The summed E-state index contributed by atoms with van der Waals surface area (Å²) in [5.41, 5.74) is 3.58. The molecule has 0 aliphatic carbocycles. The van der Waals surface area contributed by atoms with Crippen molar-refractivity contribution in [3.63, 3.8) is 0 Å². The number of amides is 1. The van der Waals surface area contributed by atoms with Gasteiger partial charge in [0.15, 0.2) is 0 Å². The van der Waals surface area contributed by atoms with Crippen molar-refractivity contribution >= 4 is 22.5 Å². The molecule has 1 aliphatic heterocycles. The van der Waals surface area contributed by atoms with Crippen LogP contribution < -0.4 is 5.32 Å². The van der Waals surface area contributed by atoms with Crippen molar-refractivity contribution < 1.29 is 9.53 Å². The Labute approximate surface area is 159 Å². The minimum Gasteiger partial charge on any atom is -0.381 e. The van der Waals surface area contributed by atoms with Crippen LogP contribution in [0.2, 0.25) is 0 Å². The molecule has 1 fully saturated rings. The Morgan fingerprint density at radius 3 is 2.63 bits per heavy atom. The molecule has 0 spiro atoms. The fourth-order valence-corrected chi connectivity index (χ4v) is 3.63. The summed E-state index contributed by atoms with van der Waals surface area (Å²) in [6.45, 7) is 2.61. The number of rotatable bonds is 5. The number of para-hydroxylation sites is 1. The molecule has 1 saturated heterocycles. The van der Waals surface area contributed by atoms with Crippen LogP contribution in [0.25, 0.3) is 10.9 Å². The van der Waals surface area contributed by atoms with Gasteiger partial charge in [-0.25, -0.2) is 0 Å². The molecule has 3 aromatic rings. The minimum absolute atomic E-state index is 0.127. The molecule has 2 N–H and O–H groups in total. The Hall–Kier alpha value is -2.63. The van der Waals surface area contributed by atoms with Crippen LogP contribution in [0, 0.1) is 0 Å². The second kappa shape index (κ2) is 7.94. The molecule has 140 valence electrons. The maximum absolute atomic E-state index is 12.5. The summed E-state index contributed by atoms with van der Waals surface area (Å²) in [5, 5.41) is 4.00. The molecule has 5 heteroatoms. The molecule has 4 rings (SSSR count). The molecule has 1 aromatic heterocycles. The zero-order valence-electron chi connectivity index (χ0n) is 15.6. The number of anilines is 1. The Morgan fingerprint density at radius 2 is 1.89 bits per heavy atom. The van der Waals surface area contributed by atoms with Crippen LogP contribution in [0.4, 0.5) is 5.69 Å². The summed E-state index contributed by atoms with van der Waals surface area (Å²) >= 11 is 0. The van der Waals surface area contributed by atoms with E-state index in [1.807, 2.05) is 42.5 Å². The highest BCUT2D eigenvalue weighted by Crippen LogP contribution is 2.19. The lowest BCUT2D eigenvalue weighted by Gasteiger charge is -2.31. The number of H-pyrrole nitrogens is 1. The van der Waals surface area contributed by atoms with E-state index in [4.69, 9.17) is 4.74 Å². The standard InChI is InChI=1S/C22H25N3O2/c1-25(19-10-12-27-13-11-19)15-16-6-8-18(9-7-16)23-22(26)21-14-17-4-2-3-5-20(17)24-21/h2-9,14,19,24H,10-13,15H2,1H3,(H,23,26). The number of aromatic amines is 1. The second-order valence-electron chi connectivity index (χ2n) is 7.18. The van der Waals surface area contributed by atoms with Gasteiger partial charge in [-0.05, 0) is 49.7 Å². The highest BCUT2D eigenvalue weighted by molar-refractivity contribution is 6.05. The molecule has 1 aliphatic rings. The topological polar surface area (TPSA) is 57.4 Å². The van der Waals surface area contributed by atoms with E-state index in [0.29, 0.717) is 11.7 Å². The Bertz CT molecular complexity index is 878. The number of hydrogen-bond acceptors (Lipinski definition) is 3. The molecule has 0 unspecified atom stereocenters. The van der Waals surface area contributed by atoms with Gasteiger partial charge in [-0.3, -0.25) is 9.69 Å². The van der Waals surface area contributed by atoms with Crippen LogP contribution in [-0.4, -0.2) is 42.1 Å². The highest BCUT2D eigenvalue weighted by atomic mass is 16.5.